The molecule has 192 valence electrons. The maximum atomic E-state index is 11.8. The zero-order valence-corrected chi connectivity index (χ0v) is 21.7. The van der Waals surface area contributed by atoms with Gasteiger partial charge in [-0.25, -0.2) is 0 Å². The number of hydrogen-bond acceptors (Lipinski definition) is 4. The van der Waals surface area contributed by atoms with Gasteiger partial charge >= 0.3 is 0 Å². The Hall–Kier alpha value is -3.77. The highest BCUT2D eigenvalue weighted by atomic mass is 16.6. The molecule has 0 amide bonds. The van der Waals surface area contributed by atoms with Crippen molar-refractivity contribution in [2.24, 2.45) is 0 Å². The molecule has 1 aromatic heterocycles. The summed E-state index contributed by atoms with van der Waals surface area (Å²) < 4.78 is 8.13. The number of β-amino-alcohol motifs (C(OH)–C–C–N with tert-alkyl or cyclic N) is 1. The molecule has 1 aliphatic rings. The molecule has 1 atom stereocenters. The van der Waals surface area contributed by atoms with Crippen LogP contribution in [0.15, 0.2) is 115 Å². The Labute approximate surface area is 223 Å². The Morgan fingerprint density at radius 2 is 1.39 bits per heavy atom. The van der Waals surface area contributed by atoms with Crippen LogP contribution in [-0.4, -0.2) is 46.0 Å². The Morgan fingerprint density at radius 1 is 0.816 bits per heavy atom. The van der Waals surface area contributed by atoms with E-state index in [2.05, 4.69) is 95.5 Å². The van der Waals surface area contributed by atoms with Gasteiger partial charge in [0.25, 0.3) is 0 Å². The maximum absolute atomic E-state index is 11.8. The van der Waals surface area contributed by atoms with E-state index in [4.69, 9.17) is 9.84 Å². The number of aliphatic hydroxyl groups is 1. The highest BCUT2D eigenvalue weighted by molar-refractivity contribution is 5.83. The third-order valence-corrected chi connectivity index (χ3v) is 7.62. The Morgan fingerprint density at radius 3 is 1.95 bits per heavy atom. The first-order chi connectivity index (χ1) is 18.6. The molecule has 0 aliphatic carbocycles. The molecule has 0 radical (unpaired) electrons. The van der Waals surface area contributed by atoms with Gasteiger partial charge in [0.05, 0.1) is 18.7 Å². The molecular weight excluding hydrogens is 470 g/mol. The second-order valence-corrected chi connectivity index (χ2v) is 10.0. The molecule has 5 aromatic rings. The molecule has 0 bridgehead atoms. The first-order valence-electron chi connectivity index (χ1n) is 13.4. The van der Waals surface area contributed by atoms with Crippen molar-refractivity contribution in [3.63, 3.8) is 0 Å². The number of morpholine rings is 1. The van der Waals surface area contributed by atoms with E-state index in [1.54, 1.807) is 0 Å². The molecule has 6 rings (SSSR count). The molecule has 5 heteroatoms. The molecule has 1 aliphatic heterocycles. The molecule has 2 heterocycles. The van der Waals surface area contributed by atoms with Crippen molar-refractivity contribution in [2.45, 2.75) is 24.7 Å². The number of fused-ring (bicyclic) bond motifs is 1. The second-order valence-electron chi connectivity index (χ2n) is 10.0. The van der Waals surface area contributed by atoms with Gasteiger partial charge in [0.1, 0.15) is 5.54 Å². The fourth-order valence-corrected chi connectivity index (χ4v) is 5.93. The predicted octanol–water partition coefficient (Wildman–Crippen LogP) is 5.76. The molecule has 1 N–H and O–H groups in total. The fraction of sp³-hybridized carbons (Fsp3) is 0.242. The average Bonchev–Trinajstić information content (AvgIpc) is 3.40. The summed E-state index contributed by atoms with van der Waals surface area (Å²) in [6, 6.07) is 37.5. The Balaban J connectivity index is 1.61. The number of hydrogen-bond donors (Lipinski definition) is 1. The summed E-state index contributed by atoms with van der Waals surface area (Å²) in [6.45, 7) is 4.84. The van der Waals surface area contributed by atoms with E-state index in [0.29, 0.717) is 13.2 Å². The monoisotopic (exact) mass is 503 g/mol. The quantitative estimate of drug-likeness (QED) is 0.287. The van der Waals surface area contributed by atoms with Crippen molar-refractivity contribution in [3.8, 4) is 0 Å². The van der Waals surface area contributed by atoms with Crippen molar-refractivity contribution < 1.29 is 9.84 Å². The van der Waals surface area contributed by atoms with Crippen LogP contribution in [0.3, 0.4) is 0 Å². The van der Waals surface area contributed by atoms with Crippen LogP contribution in [0.5, 0.6) is 0 Å². The molecule has 1 fully saturated rings. The Kier molecular flexibility index (Phi) is 6.58. The van der Waals surface area contributed by atoms with Gasteiger partial charge in [0.2, 0.25) is 5.79 Å². The molecule has 4 aromatic carbocycles. The Bertz CT molecular complexity index is 1400. The van der Waals surface area contributed by atoms with Gasteiger partial charge in [0.15, 0.2) is 0 Å². The number of ether oxygens (including phenoxy) is 1. The summed E-state index contributed by atoms with van der Waals surface area (Å²) in [5, 5.41) is 17.9. The van der Waals surface area contributed by atoms with Crippen molar-refractivity contribution in [1.29, 1.82) is 0 Å². The number of rotatable bonds is 7. The van der Waals surface area contributed by atoms with E-state index < -0.39 is 11.3 Å². The van der Waals surface area contributed by atoms with E-state index in [1.807, 2.05) is 36.4 Å². The van der Waals surface area contributed by atoms with E-state index in [0.717, 1.165) is 52.7 Å². The van der Waals surface area contributed by atoms with Crippen LogP contribution in [0.25, 0.3) is 10.9 Å². The highest BCUT2D eigenvalue weighted by Gasteiger charge is 2.41. The number of benzene rings is 4. The zero-order chi connectivity index (χ0) is 26.0. The van der Waals surface area contributed by atoms with E-state index in [-0.39, 0.29) is 0 Å². The number of aromatic nitrogens is 2. The van der Waals surface area contributed by atoms with Gasteiger partial charge in [-0.05, 0) is 35.7 Å². The van der Waals surface area contributed by atoms with Crippen LogP contribution in [0.4, 0.5) is 0 Å². The average molecular weight is 504 g/mol. The largest absolute Gasteiger partial charge is 0.361 e. The van der Waals surface area contributed by atoms with E-state index in [9.17, 15) is 5.11 Å². The topological polar surface area (TPSA) is 50.5 Å². The van der Waals surface area contributed by atoms with Crippen LogP contribution in [0, 0.1) is 0 Å². The summed E-state index contributed by atoms with van der Waals surface area (Å²) in [4.78, 5) is 2.27. The molecule has 0 saturated carbocycles. The fourth-order valence-electron chi connectivity index (χ4n) is 5.93. The minimum Gasteiger partial charge on any atom is -0.361 e. The first-order valence-corrected chi connectivity index (χ1v) is 13.4. The van der Waals surface area contributed by atoms with Crippen molar-refractivity contribution in [2.75, 3.05) is 26.2 Å². The van der Waals surface area contributed by atoms with Crippen LogP contribution in [0.1, 0.15) is 35.6 Å². The normalized spacial score (nSPS) is 18.6. The van der Waals surface area contributed by atoms with Crippen molar-refractivity contribution >= 4 is 10.9 Å². The van der Waals surface area contributed by atoms with Crippen LogP contribution in [0.2, 0.25) is 0 Å². The van der Waals surface area contributed by atoms with E-state index >= 15 is 0 Å². The third-order valence-electron chi connectivity index (χ3n) is 7.62. The zero-order valence-electron chi connectivity index (χ0n) is 21.7. The second kappa shape index (κ2) is 10.2. The van der Waals surface area contributed by atoms with Crippen LogP contribution >= 0.6 is 0 Å². The lowest BCUT2D eigenvalue weighted by Gasteiger charge is -2.39. The molecule has 1 unspecified atom stereocenters. The summed E-state index contributed by atoms with van der Waals surface area (Å²) in [5.74, 6) is -1.39. The summed E-state index contributed by atoms with van der Waals surface area (Å²) in [5.41, 5.74) is 4.17. The summed E-state index contributed by atoms with van der Waals surface area (Å²) in [6.07, 6.45) is 3.11. The predicted molar refractivity (Wildman–Crippen MR) is 151 cm³/mol. The van der Waals surface area contributed by atoms with E-state index in [1.165, 1.54) is 0 Å². The molecule has 0 spiro atoms. The molecular formula is C33H33N3O2. The standard InChI is InChI=1S/C33H33N3O2/c1-2-21-35-22-23-38-32(37,25-35)30-19-12-20-31-29(30)24-36(34-31)33(26-13-6-3-7-14-26,27-15-8-4-9-16-27)28-17-10-5-11-18-28/h3-20,24,37H,2,21-23,25H2,1H3. The van der Waals surface area contributed by atoms with Gasteiger partial charge in [-0.15, -0.1) is 0 Å². The SMILES string of the molecule is CCCN1CCOC(O)(c2cccc3nn(C(c4ccccc4)(c4ccccc4)c4ccccc4)cc23)C1. The summed E-state index contributed by atoms with van der Waals surface area (Å²) >= 11 is 0. The van der Waals surface area contributed by atoms with Crippen LogP contribution in [-0.2, 0) is 16.1 Å². The lowest BCUT2D eigenvalue weighted by atomic mass is 9.77. The maximum Gasteiger partial charge on any atom is 0.206 e. The smallest absolute Gasteiger partial charge is 0.206 e. The minimum atomic E-state index is -1.39. The van der Waals surface area contributed by atoms with Crippen molar-refractivity contribution in [1.82, 2.24) is 14.7 Å². The van der Waals surface area contributed by atoms with Gasteiger partial charge in [-0.1, -0.05) is 110 Å². The molecule has 1 saturated heterocycles. The van der Waals surface area contributed by atoms with Crippen molar-refractivity contribution in [3.05, 3.63) is 138 Å². The van der Waals surface area contributed by atoms with Crippen LogP contribution < -0.4 is 0 Å². The van der Waals surface area contributed by atoms with Gasteiger partial charge in [0, 0.05) is 23.7 Å². The lowest BCUT2D eigenvalue weighted by Crippen LogP contribution is -2.50. The van der Waals surface area contributed by atoms with Gasteiger partial charge < -0.3 is 9.84 Å². The number of nitrogens with zero attached hydrogens (tertiary/aromatic N) is 3. The van der Waals surface area contributed by atoms with Gasteiger partial charge in [-0.3, -0.25) is 9.58 Å². The minimum absolute atomic E-state index is 0.437. The van der Waals surface area contributed by atoms with Gasteiger partial charge in [-0.2, -0.15) is 5.10 Å². The molecule has 38 heavy (non-hydrogen) atoms. The highest BCUT2D eigenvalue weighted by Crippen LogP contribution is 2.42. The lowest BCUT2D eigenvalue weighted by molar-refractivity contribution is -0.247. The first kappa shape index (κ1) is 24.6. The third kappa shape index (κ3) is 4.13. The molecule has 5 nitrogen and oxygen atoms in total. The summed E-state index contributed by atoms with van der Waals surface area (Å²) in [7, 11) is 0.